The van der Waals surface area contributed by atoms with Crippen LogP contribution in [0.1, 0.15) is 66.4 Å². The highest BCUT2D eigenvalue weighted by Gasteiger charge is 2.65. The van der Waals surface area contributed by atoms with Gasteiger partial charge in [-0.3, -0.25) is 34.1 Å². The number of anilines is 1. The average molecular weight is 1130 g/mol. The average Bonchev–Trinajstić information content (AvgIpc) is 4.08. The van der Waals surface area contributed by atoms with Crippen LogP contribution in [0.3, 0.4) is 0 Å². The third kappa shape index (κ3) is 17.7. The summed E-state index contributed by atoms with van der Waals surface area (Å²) in [6.45, 7) is 3.35. The van der Waals surface area contributed by atoms with Crippen LogP contribution in [0.25, 0.3) is 0 Å². The molecule has 27 heteroatoms. The predicted octanol–water partition coefficient (Wildman–Crippen LogP) is 4.55. The van der Waals surface area contributed by atoms with Crippen molar-refractivity contribution in [3.05, 3.63) is 83.6 Å². The molecule has 5 atom stereocenters. The lowest BCUT2D eigenvalue weighted by molar-refractivity contribution is -0.166. The Morgan fingerprint density at radius 2 is 1.50 bits per heavy atom. The van der Waals surface area contributed by atoms with Crippen molar-refractivity contribution in [3.63, 3.8) is 0 Å². The first-order valence-electron chi connectivity index (χ1n) is 25.6. The Morgan fingerprint density at radius 1 is 0.821 bits per heavy atom. The van der Waals surface area contributed by atoms with Gasteiger partial charge in [0.25, 0.3) is 11.1 Å². The zero-order chi connectivity index (χ0) is 55.5. The fraction of sp³-hybridized carbons (Fsp3) is 0.529. The first-order valence-corrected chi connectivity index (χ1v) is 27.5. The van der Waals surface area contributed by atoms with E-state index in [1.807, 2.05) is 28.8 Å². The summed E-state index contributed by atoms with van der Waals surface area (Å²) in [7, 11) is 1.79. The Hall–Kier alpha value is -6.55. The standard InChI is InChI=1S/C51H63F3N10O12S2/c1-64(20-23-75-35-14-8-32(9-15-35)28-40-47(69)61-49(71)78-40)41-17-16-36(30-57-41)76-43(66)29-37(58-45(67)33-10-12-34(13-11-33)50(62-63-50)51(52,53)54)46(68)56-19-5-22-73-25-27-74-26-24-72-21-4-18-55-42(65)7-3-2-6-39-44-38(31-77-39)59-48(70)60-44/h8-17,30,37-40,44H,2-7,18-29,31H2,1H3,(H,55,65)(H,56,68)(H,58,67)(H2,59,60,70)(H,61,69,71)/t37-,38+,39+,40?,44+/m1/s1. The number of pyridine rings is 1. The van der Waals surface area contributed by atoms with Crippen LogP contribution in [0, 0.1) is 0 Å². The maximum atomic E-state index is 13.6. The molecule has 6 N–H and O–H groups in total. The van der Waals surface area contributed by atoms with Gasteiger partial charge >= 0.3 is 23.8 Å². The van der Waals surface area contributed by atoms with E-state index in [2.05, 4.69) is 47.1 Å². The summed E-state index contributed by atoms with van der Waals surface area (Å²) in [5.41, 5.74) is -2.17. The Labute approximate surface area is 456 Å². The summed E-state index contributed by atoms with van der Waals surface area (Å²) in [6.07, 6.45) is 0.525. The SMILES string of the molecule is CN(CCOc1ccc(CC2SC(=O)NC2=O)cc1)c1ccc(OC(=O)C[C@@H](NC(=O)c2ccc(C3(C(F)(F)F)N=N3)cc2)C(=O)NCCCOCCOCCOCCCNC(=O)CCCC[C@@H]2SC[C@@H]3NC(=O)N[C@@H]32)cn1. The van der Waals surface area contributed by atoms with Crippen LogP contribution in [0.2, 0.25) is 0 Å². The Morgan fingerprint density at radius 3 is 2.14 bits per heavy atom. The molecule has 7 rings (SSSR count). The predicted molar refractivity (Wildman–Crippen MR) is 280 cm³/mol. The number of urea groups is 1. The number of alkyl halides is 3. The summed E-state index contributed by atoms with van der Waals surface area (Å²) >= 11 is 2.84. The van der Waals surface area contributed by atoms with Gasteiger partial charge in [-0.05, 0) is 74.1 Å². The number of unbranched alkanes of at least 4 members (excludes halogenated alkanes) is 1. The molecule has 0 saturated carbocycles. The number of ether oxygens (including phenoxy) is 5. The zero-order valence-corrected chi connectivity index (χ0v) is 44.4. The molecule has 22 nitrogen and oxygen atoms in total. The van der Waals surface area contributed by atoms with Gasteiger partial charge in [0.15, 0.2) is 0 Å². The molecule has 5 heterocycles. The minimum atomic E-state index is -4.77. The van der Waals surface area contributed by atoms with E-state index in [-0.39, 0.29) is 71.8 Å². The maximum absolute atomic E-state index is 13.6. The molecular formula is C51H63F3N10O12S2. The number of imide groups is 1. The highest BCUT2D eigenvalue weighted by molar-refractivity contribution is 8.15. The van der Waals surface area contributed by atoms with Crippen LogP contribution in [0.5, 0.6) is 11.5 Å². The van der Waals surface area contributed by atoms with E-state index >= 15 is 0 Å². The molecule has 2 aromatic carbocycles. The fourth-order valence-corrected chi connectivity index (χ4v) is 10.8. The van der Waals surface area contributed by atoms with Gasteiger partial charge in [0.1, 0.15) is 30.0 Å². The number of fused-ring (bicyclic) bond motifs is 1. The van der Waals surface area contributed by atoms with Crippen molar-refractivity contribution in [2.24, 2.45) is 10.2 Å². The number of halogens is 3. The molecule has 7 amide bonds. The Kier molecular flexibility index (Phi) is 21.9. The number of amides is 7. The molecule has 4 aliphatic rings. The highest BCUT2D eigenvalue weighted by Crippen LogP contribution is 2.52. The summed E-state index contributed by atoms with van der Waals surface area (Å²) in [4.78, 5) is 93.3. The monoisotopic (exact) mass is 1130 g/mol. The molecule has 1 unspecified atom stereocenters. The quantitative estimate of drug-likeness (QED) is 0.0277. The molecule has 0 bridgehead atoms. The summed E-state index contributed by atoms with van der Waals surface area (Å²) in [6, 6.07) is 13.6. The molecule has 422 valence electrons. The van der Waals surface area contributed by atoms with Gasteiger partial charge in [0.05, 0.1) is 62.9 Å². The smallest absolute Gasteiger partial charge is 0.442 e. The van der Waals surface area contributed by atoms with Crippen molar-refractivity contribution < 1.29 is 70.4 Å². The van der Waals surface area contributed by atoms with Gasteiger partial charge in [-0.1, -0.05) is 42.4 Å². The lowest BCUT2D eigenvalue weighted by Gasteiger charge is -2.19. The molecule has 3 aromatic rings. The third-order valence-electron chi connectivity index (χ3n) is 12.8. The fourth-order valence-electron chi connectivity index (χ4n) is 8.44. The van der Waals surface area contributed by atoms with Crippen molar-refractivity contribution >= 4 is 70.2 Å². The van der Waals surface area contributed by atoms with Crippen molar-refractivity contribution in [1.82, 2.24) is 36.9 Å². The highest BCUT2D eigenvalue weighted by atomic mass is 32.2. The Bertz CT molecular complexity index is 2560. The number of carbonyl (C=O) groups is 7. The minimum Gasteiger partial charge on any atom is -0.492 e. The van der Waals surface area contributed by atoms with Gasteiger partial charge in [-0.15, -0.1) is 10.2 Å². The van der Waals surface area contributed by atoms with E-state index < -0.39 is 47.3 Å². The molecular weight excluding hydrogens is 1070 g/mol. The number of hydrogen-bond acceptors (Lipinski definition) is 18. The summed E-state index contributed by atoms with van der Waals surface area (Å²) < 4.78 is 68.8. The molecule has 1 aromatic heterocycles. The van der Waals surface area contributed by atoms with Crippen molar-refractivity contribution in [3.8, 4) is 11.5 Å². The van der Waals surface area contributed by atoms with Gasteiger partial charge in [-0.25, -0.2) is 9.78 Å². The van der Waals surface area contributed by atoms with E-state index in [0.29, 0.717) is 88.6 Å². The minimum absolute atomic E-state index is 0.0107. The Balaban J connectivity index is 0.760. The van der Waals surface area contributed by atoms with Crippen molar-refractivity contribution in [2.75, 3.05) is 83.6 Å². The second-order valence-electron chi connectivity index (χ2n) is 18.6. The molecule has 3 fully saturated rings. The van der Waals surface area contributed by atoms with Crippen LogP contribution in [-0.2, 0) is 45.5 Å². The van der Waals surface area contributed by atoms with Gasteiger partial charge in [-0.2, -0.15) is 24.9 Å². The zero-order valence-electron chi connectivity index (χ0n) is 42.8. The topological polar surface area (TPSA) is 279 Å². The van der Waals surface area contributed by atoms with Crippen molar-refractivity contribution in [1.29, 1.82) is 0 Å². The number of nitrogens with one attached hydrogen (secondary N) is 6. The van der Waals surface area contributed by atoms with Crippen molar-refractivity contribution in [2.45, 2.75) is 91.8 Å². The largest absolute Gasteiger partial charge is 0.492 e. The van der Waals surface area contributed by atoms with E-state index in [0.717, 1.165) is 66.6 Å². The molecule has 0 radical (unpaired) electrons. The van der Waals surface area contributed by atoms with Crippen LogP contribution < -0.4 is 46.3 Å². The van der Waals surface area contributed by atoms with Crippen LogP contribution in [0.15, 0.2) is 77.1 Å². The summed E-state index contributed by atoms with van der Waals surface area (Å²) in [5, 5.41) is 22.2. The number of carbonyl (C=O) groups excluding carboxylic acids is 7. The second kappa shape index (κ2) is 28.9. The maximum Gasteiger partial charge on any atom is 0.442 e. The first-order chi connectivity index (χ1) is 37.6. The van der Waals surface area contributed by atoms with Gasteiger partial charge in [0, 0.05) is 61.9 Å². The summed E-state index contributed by atoms with van der Waals surface area (Å²) in [5.74, 6) is -0.620. The van der Waals surface area contributed by atoms with E-state index in [9.17, 15) is 46.7 Å². The van der Waals surface area contributed by atoms with Gasteiger partial charge < -0.3 is 55.2 Å². The first kappa shape index (κ1) is 59.1. The van der Waals surface area contributed by atoms with Crippen LogP contribution in [-0.4, -0.2) is 159 Å². The molecule has 78 heavy (non-hydrogen) atoms. The number of hydrogen-bond donors (Lipinski definition) is 6. The number of thioether (sulfide) groups is 2. The van der Waals surface area contributed by atoms with Crippen LogP contribution in [0.4, 0.5) is 28.6 Å². The normalized spacial score (nSPS) is 19.3. The number of aromatic nitrogens is 1. The number of likely N-dealkylation sites (N-methyl/N-ethyl adjacent to an activating group) is 1. The number of benzene rings is 2. The molecule has 3 saturated heterocycles. The number of esters is 1. The third-order valence-corrected chi connectivity index (χ3v) is 15.3. The van der Waals surface area contributed by atoms with Gasteiger partial charge in [0.2, 0.25) is 17.7 Å². The number of nitrogens with zero attached hydrogens (tertiary/aromatic N) is 4. The number of rotatable bonds is 33. The van der Waals surface area contributed by atoms with E-state index in [1.165, 1.54) is 12.3 Å². The van der Waals surface area contributed by atoms with E-state index in [1.54, 1.807) is 25.2 Å². The second-order valence-corrected chi connectivity index (χ2v) is 21.0. The van der Waals surface area contributed by atoms with E-state index in [4.69, 9.17) is 23.7 Å². The molecule has 0 aliphatic carbocycles. The molecule has 4 aliphatic heterocycles. The van der Waals surface area contributed by atoms with Crippen LogP contribution >= 0.6 is 23.5 Å². The molecule has 0 spiro atoms. The lowest BCUT2D eigenvalue weighted by atomic mass is 10.0. The lowest BCUT2D eigenvalue weighted by Crippen LogP contribution is -2.48.